The molecule has 3 rings (SSSR count). The molecule has 2 N–H and O–H groups in total. The first-order valence-corrected chi connectivity index (χ1v) is 10.8. The highest BCUT2D eigenvalue weighted by molar-refractivity contribution is 6.24. The Bertz CT molecular complexity index is 1180. The number of rotatable bonds is 9. The van der Waals surface area contributed by atoms with E-state index in [1.807, 2.05) is 24.3 Å². The lowest BCUT2D eigenvalue weighted by Gasteiger charge is -2.15. The van der Waals surface area contributed by atoms with Gasteiger partial charge in [-0.15, -0.1) is 0 Å². The maximum Gasteiger partial charge on any atom is 0.404 e. The number of carbonyl (C=O) groups is 2. The molecule has 0 atom stereocenters. The third-order valence-corrected chi connectivity index (χ3v) is 5.09. The summed E-state index contributed by atoms with van der Waals surface area (Å²) in [4.78, 5) is 25.1. The lowest BCUT2D eigenvalue weighted by Crippen LogP contribution is -2.22. The molecule has 0 unspecified atom stereocenters. The van der Waals surface area contributed by atoms with Crippen LogP contribution in [0, 0.1) is 0 Å². The number of hydrogen-bond acceptors (Lipinski definition) is 5. The largest absolute Gasteiger partial charge is 0.497 e. The molecule has 2 amide bonds. The van der Waals surface area contributed by atoms with Gasteiger partial charge in [0.1, 0.15) is 23.0 Å². The highest BCUT2D eigenvalue weighted by Crippen LogP contribution is 2.29. The van der Waals surface area contributed by atoms with Crippen LogP contribution in [0.5, 0.6) is 23.0 Å². The molecule has 8 heteroatoms. The first-order valence-electron chi connectivity index (χ1n) is 10.8. The van der Waals surface area contributed by atoms with Crippen molar-refractivity contribution in [1.29, 1.82) is 0 Å². The second-order valence-electron chi connectivity index (χ2n) is 7.83. The Morgan fingerprint density at radius 1 is 0.857 bits per heavy atom. The molecular weight excluding hydrogens is 448 g/mol. The quantitative estimate of drug-likeness (QED) is 0.337. The fourth-order valence-corrected chi connectivity index (χ4v) is 3.28. The minimum absolute atomic E-state index is 0.147. The molecular formula is C27H28N2O6. The number of hydrogen-bond donors (Lipinski definition) is 2. The maximum absolute atomic E-state index is 13.0. The average molecular weight is 477 g/mol. The van der Waals surface area contributed by atoms with E-state index >= 15 is 0 Å². The van der Waals surface area contributed by atoms with E-state index in [4.69, 9.17) is 19.3 Å². The van der Waals surface area contributed by atoms with Gasteiger partial charge in [-0.05, 0) is 59.2 Å². The lowest BCUT2D eigenvalue weighted by atomic mass is 10.0. The van der Waals surface area contributed by atoms with Crippen LogP contribution in [0.1, 0.15) is 16.7 Å². The molecule has 0 spiro atoms. The van der Waals surface area contributed by atoms with Crippen LogP contribution in [0.3, 0.4) is 0 Å². The Morgan fingerprint density at radius 3 is 1.89 bits per heavy atom. The van der Waals surface area contributed by atoms with Crippen molar-refractivity contribution >= 4 is 23.6 Å². The number of carboxylic acid groups (broad SMARTS) is 1. The van der Waals surface area contributed by atoms with E-state index in [9.17, 15) is 9.59 Å². The summed E-state index contributed by atoms with van der Waals surface area (Å²) in [5, 5.41) is 11.0. The Kier molecular flexibility index (Phi) is 8.34. The summed E-state index contributed by atoms with van der Waals surface area (Å²) in [5.41, 5.74) is 2.82. The van der Waals surface area contributed by atoms with Crippen molar-refractivity contribution in [2.45, 2.75) is 6.54 Å². The van der Waals surface area contributed by atoms with Crippen LogP contribution in [0.2, 0.25) is 0 Å². The van der Waals surface area contributed by atoms with E-state index in [1.54, 1.807) is 76.9 Å². The van der Waals surface area contributed by atoms with Gasteiger partial charge in [-0.1, -0.05) is 24.3 Å². The number of nitrogens with one attached hydrogen (secondary N) is 1. The molecule has 182 valence electrons. The molecule has 0 bridgehead atoms. The molecule has 0 aliphatic rings. The summed E-state index contributed by atoms with van der Waals surface area (Å²) < 4.78 is 16.6. The number of ether oxygens (including phenoxy) is 3. The Hall–Kier alpha value is -4.46. The summed E-state index contributed by atoms with van der Waals surface area (Å²) in [7, 11) is 6.56. The second kappa shape index (κ2) is 11.6. The van der Waals surface area contributed by atoms with Gasteiger partial charge in [-0.25, -0.2) is 4.79 Å². The van der Waals surface area contributed by atoms with Gasteiger partial charge in [0, 0.05) is 32.3 Å². The predicted molar refractivity (Wildman–Crippen MR) is 134 cm³/mol. The maximum atomic E-state index is 13.0. The SMILES string of the molecule is COc1cc(/C=C(/C(=O)N(C)C)c2ccc(Oc3ccc(CNC(=O)O)cc3)cc2)cc(OC)c1. The fraction of sp³-hybridized carbons (Fsp3) is 0.185. The Labute approximate surface area is 204 Å². The highest BCUT2D eigenvalue weighted by atomic mass is 16.5. The summed E-state index contributed by atoms with van der Waals surface area (Å²) >= 11 is 0. The fourth-order valence-electron chi connectivity index (χ4n) is 3.28. The van der Waals surface area contributed by atoms with Crippen LogP contribution in [0.4, 0.5) is 4.79 Å². The number of nitrogens with zero attached hydrogens (tertiary/aromatic N) is 1. The molecule has 8 nitrogen and oxygen atoms in total. The first-order chi connectivity index (χ1) is 16.8. The predicted octanol–water partition coefficient (Wildman–Crippen LogP) is 4.89. The van der Waals surface area contributed by atoms with E-state index in [2.05, 4.69) is 5.32 Å². The van der Waals surface area contributed by atoms with Crippen molar-refractivity contribution in [1.82, 2.24) is 10.2 Å². The minimum atomic E-state index is -1.07. The van der Waals surface area contributed by atoms with Crippen molar-refractivity contribution in [3.63, 3.8) is 0 Å². The van der Waals surface area contributed by atoms with Crippen LogP contribution < -0.4 is 19.5 Å². The zero-order valence-corrected chi connectivity index (χ0v) is 20.1. The van der Waals surface area contributed by atoms with E-state index in [-0.39, 0.29) is 12.5 Å². The zero-order valence-electron chi connectivity index (χ0n) is 20.1. The van der Waals surface area contributed by atoms with E-state index in [0.717, 1.165) is 16.7 Å². The van der Waals surface area contributed by atoms with Gasteiger partial charge < -0.3 is 29.5 Å². The summed E-state index contributed by atoms with van der Waals surface area (Å²) in [5.74, 6) is 2.32. The summed E-state index contributed by atoms with van der Waals surface area (Å²) in [6, 6.07) is 19.8. The van der Waals surface area contributed by atoms with Gasteiger partial charge >= 0.3 is 6.09 Å². The van der Waals surface area contributed by atoms with Crippen molar-refractivity contribution < 1.29 is 28.9 Å². The third-order valence-electron chi connectivity index (χ3n) is 5.09. The minimum Gasteiger partial charge on any atom is -0.497 e. The first kappa shape index (κ1) is 25.2. The molecule has 0 saturated carbocycles. The number of amides is 2. The molecule has 0 saturated heterocycles. The van der Waals surface area contributed by atoms with Gasteiger partial charge in [0.2, 0.25) is 0 Å². The Balaban J connectivity index is 1.84. The van der Waals surface area contributed by atoms with Crippen molar-refractivity contribution in [2.75, 3.05) is 28.3 Å². The van der Waals surface area contributed by atoms with Gasteiger partial charge in [0.05, 0.1) is 14.2 Å². The van der Waals surface area contributed by atoms with Crippen LogP contribution in [0.25, 0.3) is 11.6 Å². The molecule has 3 aromatic carbocycles. The molecule has 0 heterocycles. The monoisotopic (exact) mass is 476 g/mol. The van der Waals surface area contributed by atoms with E-state index in [0.29, 0.717) is 28.6 Å². The van der Waals surface area contributed by atoms with Crippen molar-refractivity contribution in [3.05, 3.63) is 83.4 Å². The van der Waals surface area contributed by atoms with Gasteiger partial charge in [-0.2, -0.15) is 0 Å². The molecule has 3 aromatic rings. The molecule has 0 aromatic heterocycles. The van der Waals surface area contributed by atoms with Gasteiger partial charge in [-0.3, -0.25) is 4.79 Å². The van der Waals surface area contributed by atoms with Crippen LogP contribution >= 0.6 is 0 Å². The summed E-state index contributed by atoms with van der Waals surface area (Å²) in [6.07, 6.45) is 0.727. The molecule has 35 heavy (non-hydrogen) atoms. The molecule has 0 fully saturated rings. The molecule has 0 radical (unpaired) electrons. The number of likely N-dealkylation sites (N-methyl/N-ethyl adjacent to an activating group) is 1. The van der Waals surface area contributed by atoms with Gasteiger partial charge in [0.15, 0.2) is 0 Å². The van der Waals surface area contributed by atoms with E-state index in [1.165, 1.54) is 4.90 Å². The smallest absolute Gasteiger partial charge is 0.404 e. The van der Waals surface area contributed by atoms with E-state index < -0.39 is 6.09 Å². The van der Waals surface area contributed by atoms with Crippen molar-refractivity contribution in [3.8, 4) is 23.0 Å². The van der Waals surface area contributed by atoms with Crippen LogP contribution in [-0.4, -0.2) is 50.3 Å². The number of carbonyl (C=O) groups excluding carboxylic acids is 1. The second-order valence-corrected chi connectivity index (χ2v) is 7.83. The molecule has 0 aliphatic heterocycles. The normalized spacial score (nSPS) is 10.9. The number of methoxy groups -OCH3 is 2. The summed E-state index contributed by atoms with van der Waals surface area (Å²) in [6.45, 7) is 0.221. The number of benzene rings is 3. The van der Waals surface area contributed by atoms with Crippen LogP contribution in [0.15, 0.2) is 66.7 Å². The highest BCUT2D eigenvalue weighted by Gasteiger charge is 2.15. The Morgan fingerprint density at radius 2 is 1.40 bits per heavy atom. The zero-order chi connectivity index (χ0) is 25.4. The topological polar surface area (TPSA) is 97.3 Å². The van der Waals surface area contributed by atoms with Crippen molar-refractivity contribution in [2.24, 2.45) is 0 Å². The third kappa shape index (κ3) is 7.01. The lowest BCUT2D eigenvalue weighted by molar-refractivity contribution is -0.122. The average Bonchev–Trinajstić information content (AvgIpc) is 2.86. The molecule has 0 aliphatic carbocycles. The standard InChI is InChI=1S/C27H28N2O6/c1-29(2)26(30)25(15-19-13-23(33-3)16-24(14-19)34-4)20-7-11-22(12-8-20)35-21-9-5-18(6-10-21)17-28-27(31)32/h5-16,28H,17H2,1-4H3,(H,31,32)/b25-15+. The van der Waals surface area contributed by atoms with Gasteiger partial charge in [0.25, 0.3) is 5.91 Å². The van der Waals surface area contributed by atoms with Crippen LogP contribution in [-0.2, 0) is 11.3 Å².